The highest BCUT2D eigenvalue weighted by atomic mass is 127. The number of halogens is 1. The maximum absolute atomic E-state index is 10.7. The van der Waals surface area contributed by atoms with E-state index < -0.39 is 5.60 Å². The van der Waals surface area contributed by atoms with Crippen LogP contribution in [0.5, 0.6) is 0 Å². The van der Waals surface area contributed by atoms with Crippen LogP contribution < -0.4 is 10.6 Å². The molecular weight excluding hydrogens is 461 g/mol. The Labute approximate surface area is 177 Å². The number of ether oxygens (including phenoxy) is 1. The van der Waals surface area contributed by atoms with E-state index in [0.29, 0.717) is 30.0 Å². The molecule has 1 spiro atoms. The van der Waals surface area contributed by atoms with Gasteiger partial charge in [0.1, 0.15) is 5.60 Å². The molecule has 4 rings (SSSR count). The SMILES string of the molecule is CCNC(=NCC(C)(O)c1cccs1)NC1C2CCOC2C12CCC2.I. The number of thiophene rings is 1. The van der Waals surface area contributed by atoms with Gasteiger partial charge < -0.3 is 20.5 Å². The van der Waals surface area contributed by atoms with Crippen LogP contribution in [-0.4, -0.2) is 42.9 Å². The Bertz CT molecular complexity index is 631. The minimum absolute atomic E-state index is 0. The summed E-state index contributed by atoms with van der Waals surface area (Å²) in [6.07, 6.45) is 5.44. The molecular formula is C19H30IN3O2S. The fourth-order valence-corrected chi connectivity index (χ4v) is 5.60. The summed E-state index contributed by atoms with van der Waals surface area (Å²) >= 11 is 1.57. The lowest BCUT2D eigenvalue weighted by molar-refractivity contribution is -0.171. The Morgan fingerprint density at radius 2 is 2.31 bits per heavy atom. The van der Waals surface area contributed by atoms with Gasteiger partial charge in [0.05, 0.1) is 12.6 Å². The van der Waals surface area contributed by atoms with Crippen molar-refractivity contribution in [3.8, 4) is 0 Å². The number of aliphatic imine (C=N–C) groups is 1. The van der Waals surface area contributed by atoms with Gasteiger partial charge in [-0.1, -0.05) is 12.5 Å². The normalized spacial score (nSPS) is 31.2. The van der Waals surface area contributed by atoms with Crippen molar-refractivity contribution in [2.24, 2.45) is 16.3 Å². The minimum Gasteiger partial charge on any atom is -0.383 e. The number of hydrogen-bond acceptors (Lipinski definition) is 4. The van der Waals surface area contributed by atoms with Crippen molar-refractivity contribution >= 4 is 41.3 Å². The van der Waals surface area contributed by atoms with Gasteiger partial charge in [0.25, 0.3) is 0 Å². The van der Waals surface area contributed by atoms with E-state index in [-0.39, 0.29) is 24.0 Å². The minimum atomic E-state index is -0.927. The molecule has 146 valence electrons. The van der Waals surface area contributed by atoms with Crippen molar-refractivity contribution in [3.63, 3.8) is 0 Å². The fraction of sp³-hybridized carbons (Fsp3) is 0.737. The highest BCUT2D eigenvalue weighted by Crippen LogP contribution is 2.62. The third-order valence-electron chi connectivity index (χ3n) is 6.27. The first-order valence-electron chi connectivity index (χ1n) is 9.50. The van der Waals surface area contributed by atoms with E-state index in [9.17, 15) is 5.11 Å². The monoisotopic (exact) mass is 491 g/mol. The van der Waals surface area contributed by atoms with Crippen LogP contribution in [0.15, 0.2) is 22.5 Å². The molecule has 2 saturated carbocycles. The van der Waals surface area contributed by atoms with Crippen LogP contribution in [-0.2, 0) is 10.3 Å². The molecule has 7 heteroatoms. The quantitative estimate of drug-likeness (QED) is 0.337. The van der Waals surface area contributed by atoms with Gasteiger partial charge in [-0.05, 0) is 44.6 Å². The van der Waals surface area contributed by atoms with E-state index >= 15 is 0 Å². The van der Waals surface area contributed by atoms with Crippen LogP contribution in [0.3, 0.4) is 0 Å². The first-order valence-corrected chi connectivity index (χ1v) is 10.4. The molecule has 4 atom stereocenters. The van der Waals surface area contributed by atoms with Gasteiger partial charge in [-0.15, -0.1) is 35.3 Å². The van der Waals surface area contributed by atoms with Crippen LogP contribution in [0, 0.1) is 11.3 Å². The van der Waals surface area contributed by atoms with Gasteiger partial charge in [-0.25, -0.2) is 4.99 Å². The van der Waals surface area contributed by atoms with Crippen molar-refractivity contribution in [1.82, 2.24) is 10.6 Å². The molecule has 26 heavy (non-hydrogen) atoms. The molecule has 5 nitrogen and oxygen atoms in total. The smallest absolute Gasteiger partial charge is 0.191 e. The topological polar surface area (TPSA) is 65.9 Å². The number of aliphatic hydroxyl groups is 1. The van der Waals surface area contributed by atoms with Gasteiger partial charge in [-0.3, -0.25) is 0 Å². The van der Waals surface area contributed by atoms with Crippen LogP contribution in [0.4, 0.5) is 0 Å². The number of nitrogens with one attached hydrogen (secondary N) is 2. The van der Waals surface area contributed by atoms with Gasteiger partial charge in [-0.2, -0.15) is 0 Å². The number of nitrogens with zero attached hydrogens (tertiary/aromatic N) is 1. The standard InChI is InChI=1S/C19H29N3O2S.HI/c1-3-20-17(21-12-18(2,23)14-6-4-11-25-14)22-15-13-7-10-24-16(13)19(15)8-5-9-19;/h4,6,11,13,15-16,23H,3,5,7-10,12H2,1-2H3,(H2,20,21,22);1H. The molecule has 2 heterocycles. The summed E-state index contributed by atoms with van der Waals surface area (Å²) in [6.45, 7) is 5.99. The second kappa shape index (κ2) is 7.93. The summed E-state index contributed by atoms with van der Waals surface area (Å²) in [5.41, 5.74) is -0.600. The predicted molar refractivity (Wildman–Crippen MR) is 116 cm³/mol. The summed E-state index contributed by atoms with van der Waals surface area (Å²) in [7, 11) is 0. The van der Waals surface area contributed by atoms with E-state index in [0.717, 1.165) is 30.4 Å². The van der Waals surface area contributed by atoms with Crippen molar-refractivity contribution < 1.29 is 9.84 Å². The van der Waals surface area contributed by atoms with Crippen LogP contribution in [0.25, 0.3) is 0 Å². The van der Waals surface area contributed by atoms with Crippen molar-refractivity contribution in [3.05, 3.63) is 22.4 Å². The molecule has 0 bridgehead atoms. The molecule has 4 unspecified atom stereocenters. The van der Waals surface area contributed by atoms with Gasteiger partial charge in [0.15, 0.2) is 5.96 Å². The first-order chi connectivity index (χ1) is 12.1. The Morgan fingerprint density at radius 3 is 2.92 bits per heavy atom. The molecule has 0 amide bonds. The van der Waals surface area contributed by atoms with Crippen molar-refractivity contribution in [2.75, 3.05) is 19.7 Å². The molecule has 3 N–H and O–H groups in total. The number of guanidine groups is 1. The zero-order chi connectivity index (χ0) is 17.5. The van der Waals surface area contributed by atoms with E-state index in [1.165, 1.54) is 19.3 Å². The lowest BCUT2D eigenvalue weighted by Gasteiger charge is -2.63. The summed E-state index contributed by atoms with van der Waals surface area (Å²) in [5, 5.41) is 19.8. The second-order valence-corrected chi connectivity index (χ2v) is 8.85. The van der Waals surface area contributed by atoms with E-state index in [1.807, 2.05) is 24.4 Å². The van der Waals surface area contributed by atoms with Crippen LogP contribution in [0.1, 0.15) is 44.4 Å². The van der Waals surface area contributed by atoms with Crippen LogP contribution in [0.2, 0.25) is 0 Å². The molecule has 0 radical (unpaired) electrons. The molecule has 1 aromatic heterocycles. The van der Waals surface area contributed by atoms with Crippen molar-refractivity contribution in [2.45, 2.75) is 57.3 Å². The largest absolute Gasteiger partial charge is 0.383 e. The molecule has 1 aliphatic heterocycles. The molecule has 0 aromatic carbocycles. The zero-order valence-corrected chi connectivity index (χ0v) is 18.7. The fourth-order valence-electron chi connectivity index (χ4n) is 4.82. The Kier molecular flexibility index (Phi) is 6.21. The second-order valence-electron chi connectivity index (χ2n) is 7.90. The highest BCUT2D eigenvalue weighted by Gasteiger charge is 2.66. The summed E-state index contributed by atoms with van der Waals surface area (Å²) in [5.74, 6) is 1.43. The maximum atomic E-state index is 10.7. The van der Waals surface area contributed by atoms with E-state index in [1.54, 1.807) is 11.3 Å². The number of fused-ring (bicyclic) bond motifs is 2. The number of rotatable bonds is 5. The Morgan fingerprint density at radius 1 is 1.50 bits per heavy atom. The summed E-state index contributed by atoms with van der Waals surface area (Å²) < 4.78 is 6.01. The lowest BCUT2D eigenvalue weighted by Crippen LogP contribution is -2.72. The molecule has 1 aromatic rings. The van der Waals surface area contributed by atoms with Gasteiger partial charge in [0, 0.05) is 35.4 Å². The lowest BCUT2D eigenvalue weighted by atomic mass is 9.46. The Hall–Kier alpha value is -0.380. The van der Waals surface area contributed by atoms with Gasteiger partial charge >= 0.3 is 0 Å². The van der Waals surface area contributed by atoms with E-state index in [2.05, 4.69) is 17.6 Å². The average molecular weight is 491 g/mol. The average Bonchev–Trinajstić information content (AvgIpc) is 3.19. The predicted octanol–water partition coefficient (Wildman–Crippen LogP) is 3.09. The van der Waals surface area contributed by atoms with Crippen molar-refractivity contribution in [1.29, 1.82) is 0 Å². The Balaban J connectivity index is 0.00000196. The molecule has 2 aliphatic carbocycles. The maximum Gasteiger partial charge on any atom is 0.191 e. The van der Waals surface area contributed by atoms with Crippen LogP contribution >= 0.6 is 35.3 Å². The summed E-state index contributed by atoms with van der Waals surface area (Å²) in [4.78, 5) is 5.67. The highest BCUT2D eigenvalue weighted by molar-refractivity contribution is 14.0. The molecule has 1 saturated heterocycles. The van der Waals surface area contributed by atoms with E-state index in [4.69, 9.17) is 9.73 Å². The number of hydrogen-bond donors (Lipinski definition) is 3. The third kappa shape index (κ3) is 3.40. The zero-order valence-electron chi connectivity index (χ0n) is 15.5. The van der Waals surface area contributed by atoms with Gasteiger partial charge in [0.2, 0.25) is 0 Å². The third-order valence-corrected chi connectivity index (χ3v) is 7.39. The molecule has 3 fully saturated rings. The molecule has 3 aliphatic rings. The summed E-state index contributed by atoms with van der Waals surface area (Å²) in [6, 6.07) is 4.39. The first kappa shape index (κ1) is 20.4.